The minimum atomic E-state index is -3.83. The molecule has 1 amide bonds. The molecule has 1 aromatic rings. The number of carbonyl (C=O) groups excluding carboxylic acids is 1. The van der Waals surface area contributed by atoms with Gasteiger partial charge in [0.25, 0.3) is 10.0 Å². The molecule has 0 bridgehead atoms. The summed E-state index contributed by atoms with van der Waals surface area (Å²) < 4.78 is 27.2. The second-order valence-corrected chi connectivity index (χ2v) is 6.29. The van der Waals surface area contributed by atoms with Crippen LogP contribution in [0.15, 0.2) is 9.63 Å². The second-order valence-electron chi connectivity index (χ2n) is 3.86. The minimum absolute atomic E-state index is 0.0490. The Morgan fingerprint density at radius 2 is 2.11 bits per heavy atom. The molecule has 0 aromatic carbocycles. The van der Waals surface area contributed by atoms with Gasteiger partial charge in [-0.1, -0.05) is 5.21 Å². The van der Waals surface area contributed by atoms with Gasteiger partial charge in [-0.25, -0.2) is 17.8 Å². The number of amides is 1. The maximum absolute atomic E-state index is 11.9. The van der Waals surface area contributed by atoms with Crippen molar-refractivity contribution in [3.63, 3.8) is 0 Å². The van der Waals surface area contributed by atoms with Crippen LogP contribution in [0.2, 0.25) is 0 Å². The van der Waals surface area contributed by atoms with Gasteiger partial charge in [-0.15, -0.1) is 5.10 Å². The van der Waals surface area contributed by atoms with E-state index in [4.69, 9.17) is 0 Å². The zero-order valence-electron chi connectivity index (χ0n) is 10.1. The van der Waals surface area contributed by atoms with E-state index in [1.54, 1.807) is 13.8 Å². The quantitative estimate of drug-likeness (QED) is 0.743. The van der Waals surface area contributed by atoms with Gasteiger partial charge in [-0.3, -0.25) is 4.79 Å². The van der Waals surface area contributed by atoms with Gasteiger partial charge >= 0.3 is 0 Å². The van der Waals surface area contributed by atoms with Crippen LogP contribution in [-0.4, -0.2) is 41.9 Å². The summed E-state index contributed by atoms with van der Waals surface area (Å²) in [5, 5.41) is 9.57. The topological polar surface area (TPSA) is 106 Å². The lowest BCUT2D eigenvalue weighted by Crippen LogP contribution is -2.40. The third kappa shape index (κ3) is 3.75. The molecule has 8 nitrogen and oxygen atoms in total. The molecular formula is C8H14BrN5O3S. The van der Waals surface area contributed by atoms with Crippen molar-refractivity contribution in [1.82, 2.24) is 25.0 Å². The van der Waals surface area contributed by atoms with Gasteiger partial charge in [-0.05, 0) is 29.8 Å². The van der Waals surface area contributed by atoms with Crippen molar-refractivity contribution < 1.29 is 13.2 Å². The Morgan fingerprint density at radius 3 is 2.56 bits per heavy atom. The van der Waals surface area contributed by atoms with E-state index < -0.39 is 15.9 Å². The predicted molar refractivity (Wildman–Crippen MR) is 67.2 cm³/mol. The molecule has 1 aromatic heterocycles. The molecule has 0 atom stereocenters. The molecule has 0 aliphatic rings. The fraction of sp³-hybridized carbons (Fsp3) is 0.625. The molecule has 0 fully saturated rings. The van der Waals surface area contributed by atoms with Gasteiger partial charge in [0.15, 0.2) is 4.60 Å². The van der Waals surface area contributed by atoms with Crippen molar-refractivity contribution in [2.45, 2.75) is 24.9 Å². The van der Waals surface area contributed by atoms with Crippen LogP contribution in [0.25, 0.3) is 0 Å². The monoisotopic (exact) mass is 339 g/mol. The first-order chi connectivity index (χ1) is 8.24. The van der Waals surface area contributed by atoms with Crippen LogP contribution in [-0.2, 0) is 21.9 Å². The molecule has 0 radical (unpaired) electrons. The highest BCUT2D eigenvalue weighted by atomic mass is 79.9. The summed E-state index contributed by atoms with van der Waals surface area (Å²) in [7, 11) is -2.38. The van der Waals surface area contributed by atoms with E-state index in [0.717, 1.165) is 4.68 Å². The van der Waals surface area contributed by atoms with E-state index in [0.29, 0.717) is 0 Å². The van der Waals surface area contributed by atoms with Crippen molar-refractivity contribution in [1.29, 1.82) is 0 Å². The van der Waals surface area contributed by atoms with E-state index in [9.17, 15) is 13.2 Å². The Kier molecular flexibility index (Phi) is 4.82. The molecule has 2 N–H and O–H groups in total. The van der Waals surface area contributed by atoms with E-state index in [2.05, 4.69) is 36.3 Å². The predicted octanol–water partition coefficient (Wildman–Crippen LogP) is -0.619. The summed E-state index contributed by atoms with van der Waals surface area (Å²) in [6.45, 7) is 3.24. The summed E-state index contributed by atoms with van der Waals surface area (Å²) in [6, 6.07) is -0.0490. The van der Waals surface area contributed by atoms with Crippen molar-refractivity contribution in [3.8, 4) is 0 Å². The molecule has 0 saturated carbocycles. The van der Waals surface area contributed by atoms with Crippen LogP contribution >= 0.6 is 15.9 Å². The molecule has 0 aliphatic heterocycles. The fourth-order valence-electron chi connectivity index (χ4n) is 1.21. The van der Waals surface area contributed by atoms with E-state index in [-0.39, 0.29) is 22.2 Å². The van der Waals surface area contributed by atoms with Crippen LogP contribution in [0.5, 0.6) is 0 Å². The van der Waals surface area contributed by atoms with Crippen molar-refractivity contribution >= 4 is 31.9 Å². The summed E-state index contributed by atoms with van der Waals surface area (Å²) >= 11 is 2.99. The Hall–Kier alpha value is -1.00. The number of aryl methyl sites for hydroxylation is 1. The summed E-state index contributed by atoms with van der Waals surface area (Å²) in [6.07, 6.45) is 0. The molecule has 0 unspecified atom stereocenters. The average molecular weight is 340 g/mol. The lowest BCUT2D eigenvalue weighted by molar-refractivity contribution is -0.120. The summed E-state index contributed by atoms with van der Waals surface area (Å²) in [4.78, 5) is 11.4. The minimum Gasteiger partial charge on any atom is -0.353 e. The number of nitrogens with zero attached hydrogens (tertiary/aromatic N) is 3. The Labute approximate surface area is 113 Å². The van der Waals surface area contributed by atoms with Gasteiger partial charge < -0.3 is 5.32 Å². The van der Waals surface area contributed by atoms with E-state index >= 15 is 0 Å². The average Bonchev–Trinajstić information content (AvgIpc) is 2.55. The van der Waals surface area contributed by atoms with Crippen LogP contribution < -0.4 is 10.0 Å². The highest BCUT2D eigenvalue weighted by Gasteiger charge is 2.24. The van der Waals surface area contributed by atoms with Crippen LogP contribution in [0.3, 0.4) is 0 Å². The van der Waals surface area contributed by atoms with Gasteiger partial charge in [0.2, 0.25) is 10.9 Å². The molecule has 102 valence electrons. The number of halogens is 1. The standard InChI is InChI=1S/C8H14BrN5O3S/c1-5(2)11-6(15)4-10-18(16,17)8-7(9)12-13-14(8)3/h5,10H,4H2,1-3H3,(H,11,15). The molecular weight excluding hydrogens is 326 g/mol. The van der Waals surface area contributed by atoms with E-state index in [1.165, 1.54) is 7.05 Å². The molecule has 0 spiro atoms. The molecule has 0 saturated heterocycles. The van der Waals surface area contributed by atoms with Gasteiger partial charge in [-0.2, -0.15) is 0 Å². The maximum atomic E-state index is 11.9. The highest BCUT2D eigenvalue weighted by Crippen LogP contribution is 2.17. The van der Waals surface area contributed by atoms with Gasteiger partial charge in [0.1, 0.15) is 0 Å². The third-order valence-electron chi connectivity index (χ3n) is 1.86. The lowest BCUT2D eigenvalue weighted by Gasteiger charge is -2.09. The Bertz CT molecular complexity index is 519. The van der Waals surface area contributed by atoms with Crippen molar-refractivity contribution in [2.24, 2.45) is 7.05 Å². The summed E-state index contributed by atoms with van der Waals surface area (Å²) in [5.74, 6) is -0.403. The van der Waals surface area contributed by atoms with Crippen LogP contribution in [0.4, 0.5) is 0 Å². The Balaban J connectivity index is 2.75. The van der Waals surface area contributed by atoms with Crippen LogP contribution in [0.1, 0.15) is 13.8 Å². The number of hydrogen-bond acceptors (Lipinski definition) is 5. The Morgan fingerprint density at radius 1 is 1.50 bits per heavy atom. The normalized spacial score (nSPS) is 11.8. The summed E-state index contributed by atoms with van der Waals surface area (Å²) in [5.41, 5.74) is 0. The number of rotatable bonds is 5. The largest absolute Gasteiger partial charge is 0.353 e. The van der Waals surface area contributed by atoms with Crippen molar-refractivity contribution in [3.05, 3.63) is 4.60 Å². The molecule has 1 heterocycles. The first-order valence-electron chi connectivity index (χ1n) is 5.08. The molecule has 18 heavy (non-hydrogen) atoms. The van der Waals surface area contributed by atoms with Gasteiger partial charge in [0, 0.05) is 13.1 Å². The lowest BCUT2D eigenvalue weighted by atomic mass is 10.4. The highest BCUT2D eigenvalue weighted by molar-refractivity contribution is 9.10. The SMILES string of the molecule is CC(C)NC(=O)CNS(=O)(=O)c1c(Br)nnn1C. The van der Waals surface area contributed by atoms with Crippen molar-refractivity contribution in [2.75, 3.05) is 6.54 Å². The zero-order chi connectivity index (χ0) is 13.9. The van der Waals surface area contributed by atoms with Gasteiger partial charge in [0.05, 0.1) is 6.54 Å². The molecule has 0 aliphatic carbocycles. The zero-order valence-corrected chi connectivity index (χ0v) is 12.5. The maximum Gasteiger partial charge on any atom is 0.261 e. The third-order valence-corrected chi connectivity index (χ3v) is 4.15. The second kappa shape index (κ2) is 5.76. The smallest absolute Gasteiger partial charge is 0.261 e. The first kappa shape index (κ1) is 15.1. The number of nitrogens with one attached hydrogen (secondary N) is 2. The van der Waals surface area contributed by atoms with Crippen LogP contribution in [0, 0.1) is 0 Å². The molecule has 10 heteroatoms. The number of aromatic nitrogens is 3. The first-order valence-corrected chi connectivity index (χ1v) is 7.36. The molecule has 1 rings (SSSR count). The number of carbonyl (C=O) groups is 1. The number of sulfonamides is 1. The van der Waals surface area contributed by atoms with E-state index in [1.807, 2.05) is 0 Å². The fourth-order valence-corrected chi connectivity index (χ4v) is 3.28. The number of hydrogen-bond donors (Lipinski definition) is 2.